The second kappa shape index (κ2) is 14.9. The normalized spacial score (nSPS) is 11.4. The predicted octanol–water partition coefficient (Wildman–Crippen LogP) is 11.0. The molecule has 7 nitrogen and oxygen atoms in total. The highest BCUT2D eigenvalue weighted by atomic mass is 79.9. The Balaban J connectivity index is 0.000000212. The van der Waals surface area contributed by atoms with Gasteiger partial charge in [-0.1, -0.05) is 7.43 Å². The molecule has 0 saturated heterocycles. The smallest absolute Gasteiger partial charge is 0.308 e. The number of carbonyl (C=O) groups is 5. The van der Waals surface area contributed by atoms with Crippen molar-refractivity contribution >= 4 is 170 Å². The van der Waals surface area contributed by atoms with Crippen LogP contribution in [0.4, 0.5) is 0 Å². The summed E-state index contributed by atoms with van der Waals surface area (Å²) in [6, 6.07) is 7.16. The molecule has 4 aromatic heterocycles. The number of esters is 2. The Morgan fingerprint density at radius 2 is 0.930 bits per heavy atom. The van der Waals surface area contributed by atoms with Crippen LogP contribution in [0.3, 0.4) is 0 Å². The van der Waals surface area contributed by atoms with Gasteiger partial charge in [-0.2, -0.15) is 0 Å². The Labute approximate surface area is 300 Å². The van der Waals surface area contributed by atoms with Gasteiger partial charge < -0.3 is 9.47 Å². The number of ether oxygens (including phenoxy) is 2. The number of hydrogen-bond donors (Lipinski definition) is 0. The number of halogens is 5. The van der Waals surface area contributed by atoms with Crippen LogP contribution in [0.25, 0.3) is 20.2 Å². The maximum Gasteiger partial charge on any atom is 0.308 e. The molecule has 6 rings (SSSR count). The van der Waals surface area contributed by atoms with Crippen molar-refractivity contribution in [1.29, 1.82) is 0 Å². The molecule has 1 aromatic carbocycles. The van der Waals surface area contributed by atoms with E-state index in [9.17, 15) is 24.0 Å². The molecular formula is C27H17Br4ClO7S4. The second-order valence-corrected chi connectivity index (χ2v) is 18.4. The molecule has 0 atom stereocenters. The van der Waals surface area contributed by atoms with E-state index < -0.39 is 11.9 Å². The van der Waals surface area contributed by atoms with E-state index in [0.717, 1.165) is 35.3 Å². The zero-order chi connectivity index (χ0) is 31.0. The van der Waals surface area contributed by atoms with Crippen molar-refractivity contribution in [2.45, 2.75) is 28.2 Å². The summed E-state index contributed by atoms with van der Waals surface area (Å²) >= 11 is 23.6. The Morgan fingerprint density at radius 3 is 1.23 bits per heavy atom. The van der Waals surface area contributed by atoms with E-state index in [1.165, 1.54) is 66.1 Å². The van der Waals surface area contributed by atoms with Crippen LogP contribution < -0.4 is 9.47 Å². The highest BCUT2D eigenvalue weighted by molar-refractivity contribution is 9.11. The van der Waals surface area contributed by atoms with Crippen molar-refractivity contribution in [3.8, 4) is 11.5 Å². The number of fused-ring (bicyclic) bond motifs is 4. The quantitative estimate of drug-likeness (QED) is 0.0967. The minimum atomic E-state index is -0.394. The zero-order valence-electron chi connectivity index (χ0n) is 21.2. The number of hydrogen-bond acceptors (Lipinski definition) is 11. The van der Waals surface area contributed by atoms with Crippen molar-refractivity contribution in [3.63, 3.8) is 0 Å². The molecule has 5 aromatic rings. The van der Waals surface area contributed by atoms with E-state index in [1.807, 2.05) is 12.1 Å². The molecule has 0 bridgehead atoms. The molecule has 16 heteroatoms. The largest absolute Gasteiger partial charge is 0.424 e. The summed E-state index contributed by atoms with van der Waals surface area (Å²) < 4.78 is 15.7. The van der Waals surface area contributed by atoms with Gasteiger partial charge in [-0.3, -0.25) is 24.0 Å². The first-order valence-corrected chi connectivity index (χ1v) is 18.0. The summed E-state index contributed by atoms with van der Waals surface area (Å²) in [4.78, 5) is 57.4. The lowest BCUT2D eigenvalue weighted by Crippen LogP contribution is -2.15. The predicted molar refractivity (Wildman–Crippen MR) is 189 cm³/mol. The molecule has 0 N–H and O–H groups in total. The third-order valence-electron chi connectivity index (χ3n) is 5.10. The minimum Gasteiger partial charge on any atom is -0.424 e. The van der Waals surface area contributed by atoms with Crippen LogP contribution in [0.5, 0.6) is 11.5 Å². The zero-order valence-corrected chi connectivity index (χ0v) is 31.6. The number of benzene rings is 1. The highest BCUT2D eigenvalue weighted by Crippen LogP contribution is 2.51. The van der Waals surface area contributed by atoms with Gasteiger partial charge in [0.1, 0.15) is 0 Å². The van der Waals surface area contributed by atoms with Crippen LogP contribution in [0.2, 0.25) is 0 Å². The fourth-order valence-electron chi connectivity index (χ4n) is 3.77. The summed E-state index contributed by atoms with van der Waals surface area (Å²) in [6.07, 6.45) is 0. The maximum absolute atomic E-state index is 12.1. The van der Waals surface area contributed by atoms with E-state index in [2.05, 4.69) is 75.3 Å². The molecule has 0 amide bonds. The minimum absolute atomic E-state index is 0. The maximum atomic E-state index is 12.1. The Bertz CT molecular complexity index is 1700. The van der Waals surface area contributed by atoms with Crippen LogP contribution in [0, 0.1) is 0 Å². The van der Waals surface area contributed by atoms with Gasteiger partial charge in [0.2, 0.25) is 16.8 Å². The molecule has 0 fully saturated rings. The average Bonchev–Trinajstić information content (AvgIpc) is 3.64. The van der Waals surface area contributed by atoms with Crippen LogP contribution in [-0.2, 0) is 14.4 Å². The van der Waals surface area contributed by atoms with Crippen LogP contribution in [0.1, 0.15) is 58.7 Å². The Hall–Kier alpha value is -1.30. The molecule has 1 aliphatic rings. The van der Waals surface area contributed by atoms with E-state index in [-0.39, 0.29) is 24.2 Å². The van der Waals surface area contributed by atoms with Crippen molar-refractivity contribution in [2.24, 2.45) is 0 Å². The van der Waals surface area contributed by atoms with Crippen molar-refractivity contribution in [3.05, 3.63) is 60.3 Å². The molecular weight excluding hydrogens is 920 g/mol. The van der Waals surface area contributed by atoms with Gasteiger partial charge in [-0.25, -0.2) is 0 Å². The lowest BCUT2D eigenvalue weighted by molar-refractivity contribution is -0.132. The van der Waals surface area contributed by atoms with E-state index in [1.54, 1.807) is 12.1 Å². The fourth-order valence-corrected chi connectivity index (χ4v) is 10.1. The van der Waals surface area contributed by atoms with E-state index in [0.29, 0.717) is 32.4 Å². The van der Waals surface area contributed by atoms with Crippen molar-refractivity contribution < 1.29 is 33.4 Å². The third kappa shape index (κ3) is 8.11. The van der Waals surface area contributed by atoms with Crippen LogP contribution in [-0.4, -0.2) is 28.7 Å². The molecule has 0 unspecified atom stereocenters. The first-order chi connectivity index (χ1) is 19.7. The third-order valence-corrected chi connectivity index (χ3v) is 11.7. The van der Waals surface area contributed by atoms with E-state index in [4.69, 9.17) is 9.47 Å². The van der Waals surface area contributed by atoms with E-state index >= 15 is 0 Å². The van der Waals surface area contributed by atoms with Gasteiger partial charge >= 0.3 is 11.9 Å². The molecule has 0 saturated carbocycles. The average molecular weight is 937 g/mol. The van der Waals surface area contributed by atoms with Gasteiger partial charge in [0.05, 0.1) is 34.3 Å². The van der Waals surface area contributed by atoms with Gasteiger partial charge in [-0.15, -0.1) is 45.3 Å². The Morgan fingerprint density at radius 1 is 0.628 bits per heavy atom. The highest BCUT2D eigenvalue weighted by Gasteiger charge is 2.33. The Kier molecular flexibility index (Phi) is 12.5. The lowest BCUT2D eigenvalue weighted by atomic mass is 9.96. The standard InChI is InChI=1S/C14H8Br2O4S2.C10H2Br2O2S2.C2H3ClO.CH4/c1-5(17)19-11-7-3-9(15)22-14(7)12(20-6(2)18)8-4-10(16)21-13(8)11;11-5-1-3-7(13)10-4(2-6(12)16-10)8(14)9(3)15-5;1-2(3)4;/h3-4H,1-2H3;1-2H;1H3;1H4. The van der Waals surface area contributed by atoms with Gasteiger partial charge in [0.15, 0.2) is 11.5 Å². The number of rotatable bonds is 2. The van der Waals surface area contributed by atoms with Gasteiger partial charge in [-0.05, 0) is 99.6 Å². The number of ketones is 2. The first kappa shape index (κ1) is 36.2. The van der Waals surface area contributed by atoms with Crippen molar-refractivity contribution in [1.82, 2.24) is 0 Å². The van der Waals surface area contributed by atoms with Gasteiger partial charge in [0, 0.05) is 42.7 Å². The first-order valence-electron chi connectivity index (χ1n) is 11.2. The number of carbonyl (C=O) groups excluding carboxylic acids is 5. The molecule has 43 heavy (non-hydrogen) atoms. The molecule has 4 heterocycles. The number of thiophene rings is 4. The monoisotopic (exact) mass is 932 g/mol. The summed E-state index contributed by atoms with van der Waals surface area (Å²) in [7, 11) is 0. The SMILES string of the molecule is C.CC(=O)Cl.CC(=O)Oc1c2cc(Br)sc2c(OC(C)=O)c2cc(Br)sc12.O=C1c2cc(Br)sc2C(=O)c2cc(Br)sc21. The molecule has 0 aliphatic heterocycles. The molecule has 226 valence electrons. The summed E-state index contributed by atoms with van der Waals surface area (Å²) in [6.45, 7) is 4.02. The fraction of sp³-hybridized carbons (Fsp3) is 0.148. The summed E-state index contributed by atoms with van der Waals surface area (Å²) in [5.74, 6) is 0.0889. The molecule has 1 aliphatic carbocycles. The lowest BCUT2D eigenvalue weighted by Gasteiger charge is -2.09. The summed E-state index contributed by atoms with van der Waals surface area (Å²) in [5.41, 5.74) is 1.03. The summed E-state index contributed by atoms with van der Waals surface area (Å²) in [5, 5.41) is 1.12. The van der Waals surface area contributed by atoms with Crippen LogP contribution in [0.15, 0.2) is 39.4 Å². The van der Waals surface area contributed by atoms with Gasteiger partial charge in [0.25, 0.3) is 0 Å². The van der Waals surface area contributed by atoms with Crippen molar-refractivity contribution in [2.75, 3.05) is 0 Å². The molecule has 0 radical (unpaired) electrons. The molecule has 0 spiro atoms. The van der Waals surface area contributed by atoms with Crippen LogP contribution >= 0.6 is 121 Å². The topological polar surface area (TPSA) is 104 Å². The second-order valence-electron chi connectivity index (χ2n) is 8.15.